The van der Waals surface area contributed by atoms with Crippen molar-refractivity contribution in [2.75, 3.05) is 6.61 Å². The maximum absolute atomic E-state index is 10.1. The second kappa shape index (κ2) is 5.87. The van der Waals surface area contributed by atoms with E-state index >= 15 is 0 Å². The lowest BCUT2D eigenvalue weighted by Crippen LogP contribution is -2.28. The number of hydrogen-bond acceptors (Lipinski definition) is 5. The van der Waals surface area contributed by atoms with Crippen molar-refractivity contribution in [3.05, 3.63) is 0 Å². The fourth-order valence-electron chi connectivity index (χ4n) is 0.843. The molecule has 0 aliphatic carbocycles. The van der Waals surface area contributed by atoms with Gasteiger partial charge in [0.05, 0.1) is 18.8 Å². The van der Waals surface area contributed by atoms with Crippen molar-refractivity contribution in [1.82, 2.24) is 0 Å². The third-order valence-corrected chi connectivity index (χ3v) is 1.54. The van der Waals surface area contributed by atoms with Crippen LogP contribution in [-0.4, -0.2) is 56.4 Å². The molecule has 0 radical (unpaired) electrons. The van der Waals surface area contributed by atoms with Crippen molar-refractivity contribution in [1.29, 1.82) is 0 Å². The fourth-order valence-corrected chi connectivity index (χ4v) is 0.843. The highest BCUT2D eigenvalue weighted by Gasteiger charge is 2.20. The van der Waals surface area contributed by atoms with Gasteiger partial charge >= 0.3 is 5.97 Å². The largest absolute Gasteiger partial charge is 0.479 e. The normalized spacial score (nSPS) is 17.8. The molecular formula is C7H14O6. The molecule has 0 spiro atoms. The first-order valence-electron chi connectivity index (χ1n) is 3.85. The number of hydrogen-bond donors (Lipinski definition) is 5. The zero-order valence-electron chi connectivity index (χ0n) is 7.00. The van der Waals surface area contributed by atoms with Crippen molar-refractivity contribution >= 4 is 5.97 Å². The molecule has 0 rings (SSSR count). The first kappa shape index (κ1) is 12.3. The van der Waals surface area contributed by atoms with Crippen LogP contribution in [0.1, 0.15) is 12.8 Å². The molecule has 0 heterocycles. The van der Waals surface area contributed by atoms with Crippen LogP contribution < -0.4 is 0 Å². The summed E-state index contributed by atoms with van der Waals surface area (Å²) < 4.78 is 0. The number of aliphatic carboxylic acids is 1. The van der Waals surface area contributed by atoms with E-state index < -0.39 is 30.9 Å². The predicted molar refractivity (Wildman–Crippen MR) is 42.0 cm³/mol. The highest BCUT2D eigenvalue weighted by molar-refractivity contribution is 5.71. The van der Waals surface area contributed by atoms with Gasteiger partial charge in [0, 0.05) is 12.8 Å². The quantitative estimate of drug-likeness (QED) is 0.331. The van der Waals surface area contributed by atoms with Gasteiger partial charge in [0.1, 0.15) is 0 Å². The Hall–Kier alpha value is -0.690. The Morgan fingerprint density at radius 2 is 1.62 bits per heavy atom. The maximum atomic E-state index is 10.1. The lowest BCUT2D eigenvalue weighted by atomic mass is 10.1. The monoisotopic (exact) mass is 194 g/mol. The molecule has 0 saturated heterocycles. The van der Waals surface area contributed by atoms with Crippen LogP contribution in [0.2, 0.25) is 0 Å². The maximum Gasteiger partial charge on any atom is 0.332 e. The van der Waals surface area contributed by atoms with E-state index in [1.165, 1.54) is 0 Å². The number of aliphatic hydroxyl groups is 4. The van der Waals surface area contributed by atoms with Crippen molar-refractivity contribution < 1.29 is 30.3 Å². The fraction of sp³-hybridized carbons (Fsp3) is 0.857. The summed E-state index contributed by atoms with van der Waals surface area (Å²) in [6.45, 7) is -0.500. The molecule has 0 aromatic heterocycles. The molecule has 6 heteroatoms. The molecule has 0 bridgehead atoms. The second-order valence-corrected chi connectivity index (χ2v) is 2.82. The topological polar surface area (TPSA) is 118 Å². The van der Waals surface area contributed by atoms with Gasteiger partial charge in [-0.15, -0.1) is 0 Å². The zero-order valence-corrected chi connectivity index (χ0v) is 7.00. The Balaban J connectivity index is 3.73. The summed E-state index contributed by atoms with van der Waals surface area (Å²) in [4.78, 5) is 10.1. The number of carboxylic acid groups (broad SMARTS) is 1. The molecule has 0 aromatic carbocycles. The Morgan fingerprint density at radius 1 is 1.08 bits per heavy atom. The molecule has 3 atom stereocenters. The number of aliphatic hydroxyl groups excluding tert-OH is 4. The molecule has 13 heavy (non-hydrogen) atoms. The molecule has 0 aliphatic rings. The molecule has 0 fully saturated rings. The minimum Gasteiger partial charge on any atom is -0.479 e. The van der Waals surface area contributed by atoms with Crippen molar-refractivity contribution in [3.63, 3.8) is 0 Å². The van der Waals surface area contributed by atoms with Gasteiger partial charge in [-0.05, 0) is 0 Å². The van der Waals surface area contributed by atoms with Gasteiger partial charge in [-0.3, -0.25) is 0 Å². The Morgan fingerprint density at radius 3 is 2.00 bits per heavy atom. The van der Waals surface area contributed by atoms with Gasteiger partial charge in [0.25, 0.3) is 0 Å². The van der Waals surface area contributed by atoms with Gasteiger partial charge in [-0.25, -0.2) is 4.79 Å². The van der Waals surface area contributed by atoms with Crippen molar-refractivity contribution in [2.45, 2.75) is 31.2 Å². The standard InChI is InChI=1S/C7H14O6/c8-3-5(10)1-4(9)2-6(11)7(12)13/h4-6,8-11H,1-3H2,(H,12,13). The zero-order chi connectivity index (χ0) is 10.4. The summed E-state index contributed by atoms with van der Waals surface area (Å²) >= 11 is 0. The Labute approximate surface area is 75.1 Å². The summed E-state index contributed by atoms with van der Waals surface area (Å²) in [5.74, 6) is -1.42. The molecule has 0 amide bonds. The number of carbonyl (C=O) groups is 1. The third-order valence-electron chi connectivity index (χ3n) is 1.54. The molecule has 6 nitrogen and oxygen atoms in total. The van der Waals surface area contributed by atoms with E-state index in [0.717, 1.165) is 0 Å². The molecule has 0 aliphatic heterocycles. The Kier molecular flexibility index (Phi) is 5.56. The lowest BCUT2D eigenvalue weighted by molar-refractivity contribution is -0.148. The van der Waals surface area contributed by atoms with Crippen LogP contribution in [0.15, 0.2) is 0 Å². The second-order valence-electron chi connectivity index (χ2n) is 2.82. The Bertz CT molecular complexity index is 159. The van der Waals surface area contributed by atoms with Gasteiger partial charge in [-0.1, -0.05) is 0 Å². The summed E-state index contributed by atoms with van der Waals surface area (Å²) in [5.41, 5.74) is 0. The van der Waals surface area contributed by atoms with Crippen LogP contribution in [0.5, 0.6) is 0 Å². The van der Waals surface area contributed by atoms with Gasteiger partial charge in [-0.2, -0.15) is 0 Å². The van der Waals surface area contributed by atoms with Crippen molar-refractivity contribution in [2.24, 2.45) is 0 Å². The van der Waals surface area contributed by atoms with Crippen LogP contribution in [-0.2, 0) is 4.79 Å². The minimum atomic E-state index is -1.64. The summed E-state index contributed by atoms with van der Waals surface area (Å²) in [7, 11) is 0. The van der Waals surface area contributed by atoms with Crippen LogP contribution in [0.4, 0.5) is 0 Å². The average Bonchev–Trinajstić information content (AvgIpc) is 2.03. The van der Waals surface area contributed by atoms with E-state index in [2.05, 4.69) is 0 Å². The molecule has 0 saturated carbocycles. The van der Waals surface area contributed by atoms with E-state index in [-0.39, 0.29) is 12.8 Å². The molecule has 3 unspecified atom stereocenters. The van der Waals surface area contributed by atoms with E-state index in [0.29, 0.717) is 0 Å². The van der Waals surface area contributed by atoms with Gasteiger partial charge in [0.15, 0.2) is 6.10 Å². The molecule has 5 N–H and O–H groups in total. The van der Waals surface area contributed by atoms with Crippen LogP contribution >= 0.6 is 0 Å². The molecule has 78 valence electrons. The first-order valence-corrected chi connectivity index (χ1v) is 3.85. The van der Waals surface area contributed by atoms with Gasteiger partial charge < -0.3 is 25.5 Å². The lowest BCUT2D eigenvalue weighted by Gasteiger charge is -2.14. The molecular weight excluding hydrogens is 180 g/mol. The predicted octanol–water partition coefficient (Wildman–Crippen LogP) is -2.07. The number of rotatable bonds is 6. The van der Waals surface area contributed by atoms with Crippen LogP contribution in [0.3, 0.4) is 0 Å². The summed E-state index contributed by atoms with van der Waals surface area (Å²) in [6.07, 6.45) is -4.36. The van der Waals surface area contributed by atoms with Crippen molar-refractivity contribution in [3.8, 4) is 0 Å². The highest BCUT2D eigenvalue weighted by atomic mass is 16.4. The van der Waals surface area contributed by atoms with Crippen LogP contribution in [0, 0.1) is 0 Å². The highest BCUT2D eigenvalue weighted by Crippen LogP contribution is 2.05. The van der Waals surface area contributed by atoms with Crippen LogP contribution in [0.25, 0.3) is 0 Å². The third kappa shape index (κ3) is 5.53. The number of carboxylic acids is 1. The SMILES string of the molecule is O=C(O)C(O)CC(O)CC(O)CO. The minimum absolute atomic E-state index is 0.152. The smallest absolute Gasteiger partial charge is 0.332 e. The van der Waals surface area contributed by atoms with E-state index in [1.54, 1.807) is 0 Å². The van der Waals surface area contributed by atoms with E-state index in [1.807, 2.05) is 0 Å². The first-order chi connectivity index (χ1) is 5.97. The summed E-state index contributed by atoms with van der Waals surface area (Å²) in [5, 5.41) is 43.3. The van der Waals surface area contributed by atoms with Gasteiger partial charge in [0.2, 0.25) is 0 Å². The average molecular weight is 194 g/mol. The summed E-state index contributed by atoms with van der Waals surface area (Å²) in [6, 6.07) is 0. The van der Waals surface area contributed by atoms with E-state index in [4.69, 9.17) is 25.5 Å². The van der Waals surface area contributed by atoms with E-state index in [9.17, 15) is 4.79 Å². The molecule has 0 aromatic rings.